The van der Waals surface area contributed by atoms with Gasteiger partial charge in [-0.05, 0) is 24.6 Å². The highest BCUT2D eigenvalue weighted by Crippen LogP contribution is 2.03. The van der Waals surface area contributed by atoms with E-state index in [9.17, 15) is 0 Å². The summed E-state index contributed by atoms with van der Waals surface area (Å²) in [5, 5.41) is 2.64. The molecule has 0 aliphatic carbocycles. The lowest BCUT2D eigenvalue weighted by atomic mass is 10.3. The van der Waals surface area contributed by atoms with Gasteiger partial charge in [0.2, 0.25) is 0 Å². The molecule has 0 radical (unpaired) electrons. The van der Waals surface area contributed by atoms with E-state index in [4.69, 9.17) is 11.6 Å². The summed E-state index contributed by atoms with van der Waals surface area (Å²) < 4.78 is 0. The van der Waals surface area contributed by atoms with Crippen molar-refractivity contribution in [1.82, 2.24) is 4.98 Å². The molecule has 0 unspecified atom stereocenters. The van der Waals surface area contributed by atoms with E-state index in [1.807, 2.05) is 52.1 Å². The number of halogens is 1. The highest BCUT2D eigenvalue weighted by Gasteiger charge is 1.93. The fraction of sp³-hybridized carbons (Fsp3) is 0.438. The van der Waals surface area contributed by atoms with Crippen molar-refractivity contribution in [2.45, 2.75) is 47.6 Å². The number of allylic oxidation sites excluding steroid dienone is 3. The number of quaternary nitrogens is 1. The average molecular weight is 284 g/mol. The molecule has 2 N–H and O–H groups in total. The monoisotopic (exact) mass is 283 g/mol. The Kier molecular flexibility index (Phi) is 17.9. The van der Waals surface area contributed by atoms with Crippen LogP contribution in [-0.2, 0) is 6.54 Å². The van der Waals surface area contributed by atoms with E-state index in [1.54, 1.807) is 6.20 Å². The summed E-state index contributed by atoms with van der Waals surface area (Å²) in [5.41, 5.74) is 1.17. The van der Waals surface area contributed by atoms with Gasteiger partial charge in [0.05, 0.1) is 6.20 Å². The van der Waals surface area contributed by atoms with Crippen LogP contribution < -0.4 is 5.32 Å². The van der Waals surface area contributed by atoms with Crippen molar-refractivity contribution in [2.24, 2.45) is 0 Å². The second-order valence-electron chi connectivity index (χ2n) is 3.15. The lowest BCUT2D eigenvalue weighted by Gasteiger charge is -1.95. The number of rotatable bonds is 5. The Morgan fingerprint density at radius 3 is 2.37 bits per heavy atom. The number of hydrogen-bond donors (Lipinski definition) is 1. The molecule has 0 aromatic carbocycles. The van der Waals surface area contributed by atoms with Gasteiger partial charge in [-0.3, -0.25) is 0 Å². The Morgan fingerprint density at radius 2 is 1.84 bits per heavy atom. The van der Waals surface area contributed by atoms with E-state index in [2.05, 4.69) is 29.4 Å². The molecule has 0 fully saturated rings. The van der Waals surface area contributed by atoms with Crippen molar-refractivity contribution < 1.29 is 5.32 Å². The molecule has 0 amide bonds. The molecular weight excluding hydrogens is 256 g/mol. The number of pyridine rings is 1. The van der Waals surface area contributed by atoms with Crippen LogP contribution in [0.4, 0.5) is 0 Å². The van der Waals surface area contributed by atoms with Gasteiger partial charge in [0, 0.05) is 11.8 Å². The highest BCUT2D eigenvalue weighted by molar-refractivity contribution is 6.29. The fourth-order valence-corrected chi connectivity index (χ4v) is 1.20. The SMILES string of the molecule is CC.CC.CC/C=C\C=C/[NH2+]Cc1ccc(Cl)nc1. The molecule has 0 saturated heterocycles. The van der Waals surface area contributed by atoms with Crippen molar-refractivity contribution >= 4 is 11.6 Å². The van der Waals surface area contributed by atoms with Crippen LogP contribution in [0.1, 0.15) is 46.6 Å². The van der Waals surface area contributed by atoms with Crippen LogP contribution in [0, 0.1) is 0 Å². The highest BCUT2D eigenvalue weighted by atomic mass is 35.5. The molecule has 1 rings (SSSR count). The molecule has 3 heteroatoms. The third-order valence-electron chi connectivity index (χ3n) is 1.87. The minimum Gasteiger partial charge on any atom is -0.316 e. The Morgan fingerprint density at radius 1 is 1.16 bits per heavy atom. The topological polar surface area (TPSA) is 29.5 Å². The first-order valence-electron chi connectivity index (χ1n) is 7.08. The van der Waals surface area contributed by atoms with E-state index in [1.165, 1.54) is 5.56 Å². The van der Waals surface area contributed by atoms with Crippen LogP contribution >= 0.6 is 11.6 Å². The second-order valence-corrected chi connectivity index (χ2v) is 3.54. The van der Waals surface area contributed by atoms with Crippen molar-refractivity contribution in [1.29, 1.82) is 0 Å². The smallest absolute Gasteiger partial charge is 0.129 e. The van der Waals surface area contributed by atoms with Gasteiger partial charge >= 0.3 is 0 Å². The summed E-state index contributed by atoms with van der Waals surface area (Å²) >= 11 is 5.69. The number of nitrogens with two attached hydrogens (primary N) is 1. The Balaban J connectivity index is 0. The molecule has 1 aromatic rings. The van der Waals surface area contributed by atoms with Gasteiger partial charge in [-0.15, -0.1) is 0 Å². The molecule has 1 heterocycles. The molecule has 2 nitrogen and oxygen atoms in total. The van der Waals surface area contributed by atoms with E-state index in [0.29, 0.717) is 5.15 Å². The van der Waals surface area contributed by atoms with Crippen LogP contribution in [0.3, 0.4) is 0 Å². The zero-order valence-corrected chi connectivity index (χ0v) is 13.6. The molecular formula is C16H28ClN2+. The van der Waals surface area contributed by atoms with Gasteiger partial charge in [0.1, 0.15) is 11.7 Å². The van der Waals surface area contributed by atoms with Gasteiger partial charge in [-0.2, -0.15) is 0 Å². The first-order chi connectivity index (χ1) is 9.33. The molecule has 0 aliphatic rings. The van der Waals surface area contributed by atoms with E-state index in [-0.39, 0.29) is 0 Å². The first kappa shape index (κ1) is 20.2. The summed E-state index contributed by atoms with van der Waals surface area (Å²) in [6, 6.07) is 3.80. The van der Waals surface area contributed by atoms with Crippen LogP contribution in [-0.4, -0.2) is 4.98 Å². The maximum absolute atomic E-state index is 5.69. The first-order valence-corrected chi connectivity index (χ1v) is 7.46. The molecule has 0 saturated carbocycles. The minimum absolute atomic E-state index is 0.542. The summed E-state index contributed by atoms with van der Waals surface area (Å²) in [6.45, 7) is 11.0. The van der Waals surface area contributed by atoms with Crippen molar-refractivity contribution in [2.75, 3.05) is 0 Å². The van der Waals surface area contributed by atoms with E-state index >= 15 is 0 Å². The van der Waals surface area contributed by atoms with Crippen LogP contribution in [0.15, 0.2) is 42.8 Å². The van der Waals surface area contributed by atoms with Gasteiger partial charge < -0.3 is 5.32 Å². The standard InChI is InChI=1S/C12H15ClN2.2C2H6/c1-2-3-4-5-8-14-9-11-6-7-12(13)15-10-11;2*1-2/h3-8,10,14H,2,9H2,1H3;2*1-2H3/p+1/b4-3-,8-5-;;. The van der Waals surface area contributed by atoms with Gasteiger partial charge in [-0.1, -0.05) is 58.4 Å². The number of nitrogens with zero attached hydrogens (tertiary/aromatic N) is 1. The number of aromatic nitrogens is 1. The third-order valence-corrected chi connectivity index (χ3v) is 2.10. The predicted octanol–water partition coefficient (Wildman–Crippen LogP) is 4.33. The van der Waals surface area contributed by atoms with Crippen molar-refractivity contribution in [3.63, 3.8) is 0 Å². The minimum atomic E-state index is 0.542. The summed E-state index contributed by atoms with van der Waals surface area (Å²) in [7, 11) is 0. The van der Waals surface area contributed by atoms with E-state index < -0.39 is 0 Å². The second kappa shape index (κ2) is 16.9. The normalized spacial score (nSPS) is 9.79. The molecule has 108 valence electrons. The molecule has 0 spiro atoms. The van der Waals surface area contributed by atoms with Crippen molar-refractivity contribution in [3.8, 4) is 0 Å². The lowest BCUT2D eigenvalue weighted by molar-refractivity contribution is -0.604. The zero-order chi connectivity index (χ0) is 14.9. The number of hydrogen-bond acceptors (Lipinski definition) is 1. The zero-order valence-electron chi connectivity index (χ0n) is 12.9. The fourth-order valence-electron chi connectivity index (χ4n) is 1.09. The molecule has 1 aromatic heterocycles. The maximum Gasteiger partial charge on any atom is 0.129 e. The summed E-state index contributed by atoms with van der Waals surface area (Å²) in [6.07, 6.45) is 11.1. The largest absolute Gasteiger partial charge is 0.316 e. The quantitative estimate of drug-likeness (QED) is 0.632. The molecule has 0 bridgehead atoms. The van der Waals surface area contributed by atoms with Crippen molar-refractivity contribution in [3.05, 3.63) is 53.5 Å². The Bertz CT molecular complexity index is 329. The summed E-state index contributed by atoms with van der Waals surface area (Å²) in [5.74, 6) is 0. The summed E-state index contributed by atoms with van der Waals surface area (Å²) in [4.78, 5) is 4.01. The average Bonchev–Trinajstić information content (AvgIpc) is 2.49. The van der Waals surface area contributed by atoms with Gasteiger partial charge in [0.15, 0.2) is 0 Å². The van der Waals surface area contributed by atoms with Crippen LogP contribution in [0.5, 0.6) is 0 Å². The maximum atomic E-state index is 5.69. The van der Waals surface area contributed by atoms with Gasteiger partial charge in [-0.25, -0.2) is 4.98 Å². The lowest BCUT2D eigenvalue weighted by Crippen LogP contribution is -2.76. The Hall–Kier alpha value is -1.12. The molecule has 19 heavy (non-hydrogen) atoms. The van der Waals surface area contributed by atoms with Crippen LogP contribution in [0.2, 0.25) is 5.15 Å². The van der Waals surface area contributed by atoms with Gasteiger partial charge in [0.25, 0.3) is 0 Å². The predicted molar refractivity (Wildman–Crippen MR) is 86.1 cm³/mol. The Labute approximate surface area is 123 Å². The molecule has 0 aliphatic heterocycles. The third kappa shape index (κ3) is 13.1. The molecule has 0 atom stereocenters. The van der Waals surface area contributed by atoms with E-state index in [0.717, 1.165) is 13.0 Å². The van der Waals surface area contributed by atoms with Crippen LogP contribution in [0.25, 0.3) is 0 Å².